The number of allylic oxidation sites excluding steroid dienone is 3. The Kier molecular flexibility index (Phi) is 6.55. The van der Waals surface area contributed by atoms with E-state index in [0.29, 0.717) is 17.8 Å². The van der Waals surface area contributed by atoms with Crippen LogP contribution >= 0.6 is 0 Å². The normalized spacial score (nSPS) is 43.1. The molecule has 2 saturated carbocycles. The highest BCUT2D eigenvalue weighted by Gasteiger charge is 2.67. The molecule has 4 rings (SSSR count). The van der Waals surface area contributed by atoms with Crippen LogP contribution in [0.15, 0.2) is 22.8 Å². The van der Waals surface area contributed by atoms with Gasteiger partial charge in [0.25, 0.3) is 0 Å². The van der Waals surface area contributed by atoms with Crippen molar-refractivity contribution in [3.8, 4) is 0 Å². The van der Waals surface area contributed by atoms with E-state index in [1.54, 1.807) is 5.57 Å². The van der Waals surface area contributed by atoms with Crippen LogP contribution in [-0.2, 0) is 0 Å². The molecule has 0 saturated heterocycles. The smallest absolute Gasteiger partial charge is 0.161 e. The van der Waals surface area contributed by atoms with Gasteiger partial charge in [0.15, 0.2) is 6.29 Å². The first kappa shape index (κ1) is 25.5. The Hall–Kier alpha value is -0.640. The van der Waals surface area contributed by atoms with Crippen LogP contribution in [0.3, 0.4) is 0 Å². The zero-order chi connectivity index (χ0) is 24.4. The van der Waals surface area contributed by atoms with Gasteiger partial charge in [0.2, 0.25) is 0 Å². The maximum atomic E-state index is 11.1. The lowest BCUT2D eigenvalue weighted by atomic mass is 9.43. The molecule has 3 N–H and O–H groups in total. The van der Waals surface area contributed by atoms with Gasteiger partial charge in [-0.25, -0.2) is 0 Å². The molecule has 33 heavy (non-hydrogen) atoms. The van der Waals surface area contributed by atoms with Gasteiger partial charge < -0.3 is 15.3 Å². The van der Waals surface area contributed by atoms with Crippen molar-refractivity contribution in [2.75, 3.05) is 0 Å². The molecule has 0 spiro atoms. The fourth-order valence-corrected chi connectivity index (χ4v) is 9.74. The van der Waals surface area contributed by atoms with Gasteiger partial charge in [-0.2, -0.15) is 0 Å². The van der Waals surface area contributed by atoms with Crippen LogP contribution < -0.4 is 0 Å². The molecular formula is C30H50O3. The molecule has 0 aromatic heterocycles. The van der Waals surface area contributed by atoms with E-state index in [1.807, 2.05) is 0 Å². The van der Waals surface area contributed by atoms with E-state index in [-0.39, 0.29) is 22.3 Å². The monoisotopic (exact) mass is 458 g/mol. The molecule has 0 aliphatic heterocycles. The minimum absolute atomic E-state index is 0.0582. The Labute approximate surface area is 202 Å². The molecule has 4 aliphatic carbocycles. The molecular weight excluding hydrogens is 408 g/mol. The first-order valence-corrected chi connectivity index (χ1v) is 13.7. The summed E-state index contributed by atoms with van der Waals surface area (Å²) in [6, 6.07) is 0. The molecule has 0 bridgehead atoms. The summed E-state index contributed by atoms with van der Waals surface area (Å²) in [4.78, 5) is 0. The Morgan fingerprint density at radius 1 is 0.970 bits per heavy atom. The Morgan fingerprint density at radius 2 is 1.67 bits per heavy atom. The summed E-state index contributed by atoms with van der Waals surface area (Å²) in [5.41, 5.74) is 3.78. The summed E-state index contributed by atoms with van der Waals surface area (Å²) in [6.45, 7) is 16.1. The van der Waals surface area contributed by atoms with Crippen molar-refractivity contribution in [2.24, 2.45) is 39.4 Å². The van der Waals surface area contributed by atoms with Crippen LogP contribution in [0, 0.1) is 39.4 Å². The Morgan fingerprint density at radius 3 is 2.30 bits per heavy atom. The number of rotatable bonds is 5. The average molecular weight is 459 g/mol. The molecule has 3 heteroatoms. The molecule has 0 aromatic carbocycles. The molecule has 0 heterocycles. The maximum absolute atomic E-state index is 11.1. The zero-order valence-corrected chi connectivity index (χ0v) is 22.4. The number of hydrogen-bond acceptors (Lipinski definition) is 3. The highest BCUT2D eigenvalue weighted by molar-refractivity contribution is 5.40. The molecule has 7 atom stereocenters. The van der Waals surface area contributed by atoms with Crippen molar-refractivity contribution in [3.63, 3.8) is 0 Å². The summed E-state index contributed by atoms with van der Waals surface area (Å²) in [7, 11) is 0. The lowest BCUT2D eigenvalue weighted by molar-refractivity contribution is -0.178. The van der Waals surface area contributed by atoms with Gasteiger partial charge in [-0.05, 0) is 112 Å². The lowest BCUT2D eigenvalue weighted by Gasteiger charge is -2.62. The van der Waals surface area contributed by atoms with E-state index in [9.17, 15) is 15.3 Å². The summed E-state index contributed by atoms with van der Waals surface area (Å²) >= 11 is 0. The standard InChI is InChI=1S/C30H50O3/c1-19(2)9-8-10-20(3)21-14-18-30(26(32)33)23-11-12-24-27(4,5)25(31)15-16-28(24,6)22(23)13-17-29(21,30)7/h9,20-21,24-26,31-33H,8,10-18H2,1-7H3/t20-,21-,24+,25+,28-,29-,30+/m1/s1. The summed E-state index contributed by atoms with van der Waals surface area (Å²) in [5, 5.41) is 33.0. The highest BCUT2D eigenvalue weighted by atomic mass is 16.5. The topological polar surface area (TPSA) is 60.7 Å². The second kappa shape index (κ2) is 8.49. The maximum Gasteiger partial charge on any atom is 0.161 e. The number of aliphatic hydroxyl groups is 3. The van der Waals surface area contributed by atoms with Gasteiger partial charge >= 0.3 is 0 Å². The predicted molar refractivity (Wildman–Crippen MR) is 135 cm³/mol. The van der Waals surface area contributed by atoms with Crippen LogP contribution in [0.4, 0.5) is 0 Å². The quantitative estimate of drug-likeness (QED) is 0.315. The van der Waals surface area contributed by atoms with E-state index in [0.717, 1.165) is 57.8 Å². The number of fused-ring (bicyclic) bond motifs is 4. The fourth-order valence-electron chi connectivity index (χ4n) is 9.74. The van der Waals surface area contributed by atoms with E-state index in [4.69, 9.17) is 0 Å². The molecule has 0 radical (unpaired) electrons. The number of aliphatic hydroxyl groups excluding tert-OH is 2. The third-order valence-electron chi connectivity index (χ3n) is 11.6. The molecule has 2 fully saturated rings. The van der Waals surface area contributed by atoms with Crippen molar-refractivity contribution in [2.45, 2.75) is 125 Å². The predicted octanol–water partition coefficient (Wildman–Crippen LogP) is 6.77. The van der Waals surface area contributed by atoms with E-state index >= 15 is 0 Å². The Bertz CT molecular complexity index is 818. The molecule has 188 valence electrons. The second-order valence-electron chi connectivity index (χ2n) is 13.6. The van der Waals surface area contributed by atoms with Crippen molar-refractivity contribution in [3.05, 3.63) is 22.8 Å². The fraction of sp³-hybridized carbons (Fsp3) is 0.867. The van der Waals surface area contributed by atoms with Gasteiger partial charge in [-0.15, -0.1) is 0 Å². The van der Waals surface area contributed by atoms with Gasteiger partial charge in [-0.3, -0.25) is 0 Å². The molecule has 0 aromatic rings. The van der Waals surface area contributed by atoms with Crippen molar-refractivity contribution < 1.29 is 15.3 Å². The first-order chi connectivity index (χ1) is 15.3. The van der Waals surface area contributed by atoms with Crippen LogP contribution in [0.5, 0.6) is 0 Å². The SMILES string of the molecule is CC(C)=CCC[C@@H](C)[C@H]1CC[C@@]2(C(O)O)C3=C(CC[C@]12C)[C@@]1(C)CC[C@H](O)C(C)(C)[C@@H]1CC3. The largest absolute Gasteiger partial charge is 0.393 e. The molecule has 0 unspecified atom stereocenters. The Balaban J connectivity index is 1.73. The van der Waals surface area contributed by atoms with Gasteiger partial charge in [-0.1, -0.05) is 57.4 Å². The van der Waals surface area contributed by atoms with Crippen LogP contribution in [-0.4, -0.2) is 27.7 Å². The lowest BCUT2D eigenvalue weighted by Crippen LogP contribution is -2.57. The van der Waals surface area contributed by atoms with Crippen molar-refractivity contribution >= 4 is 0 Å². The van der Waals surface area contributed by atoms with Crippen molar-refractivity contribution in [1.82, 2.24) is 0 Å². The van der Waals surface area contributed by atoms with E-state index < -0.39 is 11.7 Å². The molecule has 3 nitrogen and oxygen atoms in total. The second-order valence-corrected chi connectivity index (χ2v) is 13.6. The van der Waals surface area contributed by atoms with Gasteiger partial charge in [0.05, 0.1) is 6.10 Å². The molecule has 4 aliphatic rings. The van der Waals surface area contributed by atoms with Crippen LogP contribution in [0.25, 0.3) is 0 Å². The van der Waals surface area contributed by atoms with E-state index in [2.05, 4.69) is 54.5 Å². The van der Waals surface area contributed by atoms with E-state index in [1.165, 1.54) is 17.6 Å². The first-order valence-electron chi connectivity index (χ1n) is 13.7. The van der Waals surface area contributed by atoms with Crippen molar-refractivity contribution in [1.29, 1.82) is 0 Å². The number of hydrogen-bond donors (Lipinski definition) is 3. The van der Waals surface area contributed by atoms with Crippen LogP contribution in [0.1, 0.15) is 113 Å². The summed E-state index contributed by atoms with van der Waals surface area (Å²) < 4.78 is 0. The van der Waals surface area contributed by atoms with Crippen LogP contribution in [0.2, 0.25) is 0 Å². The third kappa shape index (κ3) is 3.54. The minimum Gasteiger partial charge on any atom is -0.393 e. The van der Waals surface area contributed by atoms with Gasteiger partial charge in [0.1, 0.15) is 0 Å². The minimum atomic E-state index is -1.29. The third-order valence-corrected chi connectivity index (χ3v) is 11.6. The summed E-state index contributed by atoms with van der Waals surface area (Å²) in [6.07, 6.45) is 11.2. The molecule has 0 amide bonds. The zero-order valence-electron chi connectivity index (χ0n) is 22.4. The highest BCUT2D eigenvalue weighted by Crippen LogP contribution is 2.73. The summed E-state index contributed by atoms with van der Waals surface area (Å²) in [5.74, 6) is 1.59. The average Bonchev–Trinajstić information content (AvgIpc) is 3.05. The van der Waals surface area contributed by atoms with Gasteiger partial charge in [0, 0.05) is 5.41 Å².